The summed E-state index contributed by atoms with van der Waals surface area (Å²) < 4.78 is 26.6. The lowest BCUT2D eigenvalue weighted by Gasteiger charge is -2.33. The molecule has 0 aliphatic carbocycles. The van der Waals surface area contributed by atoms with Crippen LogP contribution in [0.3, 0.4) is 0 Å². The molecule has 0 aliphatic rings. The zero-order valence-corrected chi connectivity index (χ0v) is 12.4. The Morgan fingerprint density at radius 3 is 2.44 bits per heavy atom. The van der Waals surface area contributed by atoms with E-state index >= 15 is 0 Å². The van der Waals surface area contributed by atoms with Crippen LogP contribution in [0.4, 0.5) is 0 Å². The van der Waals surface area contributed by atoms with E-state index < -0.39 is 15.6 Å². The lowest BCUT2D eigenvalue weighted by atomic mass is 10.0. The summed E-state index contributed by atoms with van der Waals surface area (Å²) >= 11 is 0. The van der Waals surface area contributed by atoms with Gasteiger partial charge in [0.25, 0.3) is 0 Å². The number of aryl methyl sites for hydroxylation is 1. The van der Waals surface area contributed by atoms with E-state index in [0.717, 1.165) is 6.42 Å². The molecule has 1 heterocycles. The number of nitrogens with two attached hydrogens (primary N) is 1. The van der Waals surface area contributed by atoms with Crippen molar-refractivity contribution in [3.63, 3.8) is 0 Å². The van der Waals surface area contributed by atoms with Crippen molar-refractivity contribution >= 4 is 10.0 Å². The summed E-state index contributed by atoms with van der Waals surface area (Å²) in [5, 5.41) is 6.62. The van der Waals surface area contributed by atoms with Crippen LogP contribution < -0.4 is 5.73 Å². The highest BCUT2D eigenvalue weighted by atomic mass is 32.2. The van der Waals surface area contributed by atoms with Gasteiger partial charge in [0.1, 0.15) is 4.90 Å². The van der Waals surface area contributed by atoms with Gasteiger partial charge in [0, 0.05) is 19.1 Å². The third-order valence-corrected chi connectivity index (χ3v) is 5.76. The fraction of sp³-hybridized carbons (Fsp3) is 0.727. The first-order valence-corrected chi connectivity index (χ1v) is 7.35. The summed E-state index contributed by atoms with van der Waals surface area (Å²) in [5.74, 6) is 0. The molecular formula is C11H22N4O2S. The zero-order valence-electron chi connectivity index (χ0n) is 11.6. The average molecular weight is 274 g/mol. The van der Waals surface area contributed by atoms with Gasteiger partial charge in [-0.3, -0.25) is 5.10 Å². The highest BCUT2D eigenvalue weighted by Crippen LogP contribution is 2.28. The van der Waals surface area contributed by atoms with Gasteiger partial charge in [0.2, 0.25) is 10.0 Å². The minimum absolute atomic E-state index is 0.0965. The lowest BCUT2D eigenvalue weighted by molar-refractivity contribution is 0.257. The van der Waals surface area contributed by atoms with E-state index in [1.807, 2.05) is 20.8 Å². The molecule has 6 nitrogen and oxygen atoms in total. The number of rotatable bonds is 5. The van der Waals surface area contributed by atoms with Gasteiger partial charge in [-0.2, -0.15) is 9.40 Å². The largest absolute Gasteiger partial charge is 0.325 e. The lowest BCUT2D eigenvalue weighted by Crippen LogP contribution is -2.44. The summed E-state index contributed by atoms with van der Waals surface area (Å²) in [4.78, 5) is 0.203. The van der Waals surface area contributed by atoms with Gasteiger partial charge in [-0.15, -0.1) is 0 Å². The SMILES string of the molecule is CCC(C)(C)N(C)S(=O)(=O)c1c(CN)n[nH]c1C. The summed E-state index contributed by atoms with van der Waals surface area (Å²) in [5.41, 5.74) is 5.99. The maximum Gasteiger partial charge on any atom is 0.247 e. The van der Waals surface area contributed by atoms with Crippen molar-refractivity contribution in [1.82, 2.24) is 14.5 Å². The molecular weight excluding hydrogens is 252 g/mol. The predicted octanol–water partition coefficient (Wildman–Crippen LogP) is 0.986. The van der Waals surface area contributed by atoms with Gasteiger partial charge in [-0.05, 0) is 27.2 Å². The fourth-order valence-electron chi connectivity index (χ4n) is 1.63. The first-order chi connectivity index (χ1) is 8.18. The number of nitrogens with one attached hydrogen (secondary N) is 1. The first kappa shape index (κ1) is 15.1. The van der Waals surface area contributed by atoms with Crippen molar-refractivity contribution in [3.05, 3.63) is 11.4 Å². The maximum absolute atomic E-state index is 12.6. The van der Waals surface area contributed by atoms with Crippen LogP contribution in [0.1, 0.15) is 38.6 Å². The minimum Gasteiger partial charge on any atom is -0.325 e. The molecule has 0 spiro atoms. The predicted molar refractivity (Wildman–Crippen MR) is 70.5 cm³/mol. The average Bonchev–Trinajstić information content (AvgIpc) is 2.69. The van der Waals surface area contributed by atoms with Crippen LogP contribution in [0.15, 0.2) is 4.90 Å². The summed E-state index contributed by atoms with van der Waals surface area (Å²) in [6.07, 6.45) is 0.720. The molecule has 104 valence electrons. The number of nitrogens with zero attached hydrogens (tertiary/aromatic N) is 2. The van der Waals surface area contributed by atoms with Gasteiger partial charge in [-0.1, -0.05) is 6.92 Å². The van der Waals surface area contributed by atoms with Crippen LogP contribution in [0.5, 0.6) is 0 Å². The molecule has 3 N–H and O–H groups in total. The van der Waals surface area contributed by atoms with Gasteiger partial charge >= 0.3 is 0 Å². The van der Waals surface area contributed by atoms with E-state index in [1.165, 1.54) is 4.31 Å². The first-order valence-electron chi connectivity index (χ1n) is 5.91. The number of hydrogen-bond donors (Lipinski definition) is 2. The topological polar surface area (TPSA) is 92.1 Å². The maximum atomic E-state index is 12.6. The molecule has 7 heteroatoms. The zero-order chi connectivity index (χ0) is 14.1. The highest BCUT2D eigenvalue weighted by Gasteiger charge is 2.35. The number of sulfonamides is 1. The Morgan fingerprint density at radius 2 is 2.00 bits per heavy atom. The molecule has 0 aliphatic heterocycles. The van der Waals surface area contributed by atoms with Crippen molar-refractivity contribution in [2.24, 2.45) is 5.73 Å². The molecule has 0 unspecified atom stereocenters. The van der Waals surface area contributed by atoms with E-state index in [4.69, 9.17) is 5.73 Å². The Hall–Kier alpha value is -0.920. The Morgan fingerprint density at radius 1 is 1.44 bits per heavy atom. The van der Waals surface area contributed by atoms with E-state index in [9.17, 15) is 8.42 Å². The highest BCUT2D eigenvalue weighted by molar-refractivity contribution is 7.89. The Bertz CT molecular complexity index is 519. The molecule has 1 aromatic heterocycles. The molecule has 1 aromatic rings. The molecule has 0 radical (unpaired) electrons. The van der Waals surface area contributed by atoms with Crippen LogP contribution >= 0.6 is 0 Å². The molecule has 0 atom stereocenters. The second kappa shape index (κ2) is 4.99. The fourth-order valence-corrected chi connectivity index (χ4v) is 3.55. The molecule has 0 aromatic carbocycles. The summed E-state index contributed by atoms with van der Waals surface area (Å²) in [6.45, 7) is 7.52. The number of H-pyrrole nitrogens is 1. The summed E-state index contributed by atoms with van der Waals surface area (Å²) in [7, 11) is -1.99. The van der Waals surface area contributed by atoms with E-state index in [1.54, 1.807) is 14.0 Å². The van der Waals surface area contributed by atoms with E-state index in [2.05, 4.69) is 10.2 Å². The van der Waals surface area contributed by atoms with Crippen LogP contribution in [0.2, 0.25) is 0 Å². The van der Waals surface area contributed by atoms with Crippen molar-refractivity contribution in [2.45, 2.75) is 51.1 Å². The molecule has 0 amide bonds. The third kappa shape index (κ3) is 2.43. The van der Waals surface area contributed by atoms with Crippen LogP contribution in [0, 0.1) is 6.92 Å². The number of aromatic nitrogens is 2. The van der Waals surface area contributed by atoms with Crippen molar-refractivity contribution in [3.8, 4) is 0 Å². The van der Waals surface area contributed by atoms with Gasteiger partial charge < -0.3 is 5.73 Å². The van der Waals surface area contributed by atoms with Crippen LogP contribution in [-0.4, -0.2) is 35.5 Å². The third-order valence-electron chi connectivity index (χ3n) is 3.49. The number of hydrogen-bond acceptors (Lipinski definition) is 4. The Balaban J connectivity index is 3.34. The van der Waals surface area contributed by atoms with E-state index in [0.29, 0.717) is 11.4 Å². The Labute approximate surface area is 109 Å². The van der Waals surface area contributed by atoms with Gasteiger partial charge in [0.15, 0.2) is 0 Å². The number of aromatic amines is 1. The van der Waals surface area contributed by atoms with E-state index in [-0.39, 0.29) is 11.4 Å². The molecule has 0 saturated heterocycles. The molecule has 18 heavy (non-hydrogen) atoms. The molecule has 0 saturated carbocycles. The van der Waals surface area contributed by atoms with Crippen molar-refractivity contribution < 1.29 is 8.42 Å². The minimum atomic E-state index is -3.58. The van der Waals surface area contributed by atoms with Gasteiger partial charge in [-0.25, -0.2) is 8.42 Å². The molecule has 0 bridgehead atoms. The van der Waals surface area contributed by atoms with Crippen molar-refractivity contribution in [1.29, 1.82) is 0 Å². The quantitative estimate of drug-likeness (QED) is 0.837. The second-order valence-corrected chi connectivity index (χ2v) is 6.87. The summed E-state index contributed by atoms with van der Waals surface area (Å²) in [6, 6.07) is 0. The van der Waals surface area contributed by atoms with Crippen LogP contribution in [0.25, 0.3) is 0 Å². The monoisotopic (exact) mass is 274 g/mol. The smallest absolute Gasteiger partial charge is 0.247 e. The second-order valence-electron chi connectivity index (χ2n) is 4.97. The standard InChI is InChI=1S/C11H22N4O2S/c1-6-11(3,4)15(5)18(16,17)10-8(2)13-14-9(10)7-12/h6-7,12H2,1-5H3,(H,13,14). The van der Waals surface area contributed by atoms with Crippen molar-refractivity contribution in [2.75, 3.05) is 7.05 Å². The molecule has 0 fully saturated rings. The normalized spacial score (nSPS) is 13.3. The Kier molecular flexibility index (Phi) is 4.19. The van der Waals surface area contributed by atoms with Crippen LogP contribution in [-0.2, 0) is 16.6 Å². The molecule has 1 rings (SSSR count). The van der Waals surface area contributed by atoms with Gasteiger partial charge in [0.05, 0.1) is 11.4 Å².